The maximum atomic E-state index is 13.0. The summed E-state index contributed by atoms with van der Waals surface area (Å²) in [6.07, 6.45) is 3.89. The molecule has 0 aliphatic carbocycles. The predicted molar refractivity (Wildman–Crippen MR) is 43.3 cm³/mol. The lowest BCUT2D eigenvalue weighted by atomic mass is 9.91. The zero-order valence-electron chi connectivity index (χ0n) is 7.15. The molecule has 2 saturated heterocycles. The van der Waals surface area contributed by atoms with Crippen LogP contribution >= 0.6 is 0 Å². The van der Waals surface area contributed by atoms with Crippen molar-refractivity contribution in [2.24, 2.45) is 0 Å². The molecular weight excluding hydrogens is 141 g/mol. The zero-order valence-corrected chi connectivity index (χ0v) is 7.15. The van der Waals surface area contributed by atoms with E-state index >= 15 is 0 Å². The van der Waals surface area contributed by atoms with E-state index in [1.165, 1.54) is 12.8 Å². The van der Waals surface area contributed by atoms with Gasteiger partial charge in [-0.15, -0.1) is 0 Å². The van der Waals surface area contributed by atoms with Crippen LogP contribution in [0.15, 0.2) is 0 Å². The molecule has 2 heterocycles. The van der Waals surface area contributed by atoms with Crippen LogP contribution in [0.4, 0.5) is 4.39 Å². The number of halogens is 1. The Labute approximate surface area is 67.6 Å². The summed E-state index contributed by atoms with van der Waals surface area (Å²) in [5, 5.41) is 0. The molecule has 1 nitrogen and oxygen atoms in total. The Morgan fingerprint density at radius 3 is 3.09 bits per heavy atom. The average molecular weight is 157 g/mol. The van der Waals surface area contributed by atoms with Gasteiger partial charge in [-0.2, -0.15) is 0 Å². The van der Waals surface area contributed by atoms with E-state index in [2.05, 4.69) is 11.8 Å². The number of alkyl halides is 1. The van der Waals surface area contributed by atoms with Gasteiger partial charge in [-0.3, -0.25) is 4.90 Å². The van der Waals surface area contributed by atoms with E-state index in [0.29, 0.717) is 6.54 Å². The smallest absolute Gasteiger partial charge is 0.115 e. The number of nitrogens with zero attached hydrogens (tertiary/aromatic N) is 1. The van der Waals surface area contributed by atoms with Crippen molar-refractivity contribution in [1.82, 2.24) is 4.90 Å². The van der Waals surface area contributed by atoms with Crippen LogP contribution in [-0.4, -0.2) is 29.7 Å². The van der Waals surface area contributed by atoms with Crippen LogP contribution in [0.1, 0.15) is 32.6 Å². The van der Waals surface area contributed by atoms with E-state index in [1.807, 2.05) is 0 Å². The van der Waals surface area contributed by atoms with Crippen molar-refractivity contribution in [3.8, 4) is 0 Å². The highest BCUT2D eigenvalue weighted by molar-refractivity contribution is 5.02. The average Bonchev–Trinajstić information content (AvgIpc) is 2.43. The van der Waals surface area contributed by atoms with Crippen LogP contribution in [0.2, 0.25) is 0 Å². The minimum absolute atomic E-state index is 0.277. The summed E-state index contributed by atoms with van der Waals surface area (Å²) < 4.78 is 13.0. The van der Waals surface area contributed by atoms with Crippen LogP contribution < -0.4 is 0 Å². The number of rotatable bonds is 1. The lowest BCUT2D eigenvalue weighted by Crippen LogP contribution is -2.37. The maximum absolute atomic E-state index is 13.0. The van der Waals surface area contributed by atoms with Crippen molar-refractivity contribution in [3.63, 3.8) is 0 Å². The summed E-state index contributed by atoms with van der Waals surface area (Å²) in [5.74, 6) is 0. The second kappa shape index (κ2) is 2.44. The molecule has 0 bridgehead atoms. The van der Waals surface area contributed by atoms with Gasteiger partial charge in [0.05, 0.1) is 0 Å². The van der Waals surface area contributed by atoms with Crippen molar-refractivity contribution in [1.29, 1.82) is 0 Å². The van der Waals surface area contributed by atoms with Crippen molar-refractivity contribution in [2.45, 2.75) is 44.3 Å². The zero-order chi connectivity index (χ0) is 7.90. The molecule has 0 amide bonds. The quantitative estimate of drug-likeness (QED) is 0.562. The van der Waals surface area contributed by atoms with Gasteiger partial charge in [0.2, 0.25) is 0 Å². The Hall–Kier alpha value is -0.110. The van der Waals surface area contributed by atoms with Crippen LogP contribution in [0.3, 0.4) is 0 Å². The Morgan fingerprint density at radius 1 is 1.64 bits per heavy atom. The van der Waals surface area contributed by atoms with E-state index in [0.717, 1.165) is 19.4 Å². The fraction of sp³-hybridized carbons (Fsp3) is 1.00. The number of hydrogen-bond donors (Lipinski definition) is 0. The molecule has 0 saturated carbocycles. The Morgan fingerprint density at radius 2 is 2.45 bits per heavy atom. The van der Waals surface area contributed by atoms with E-state index in [-0.39, 0.29) is 5.54 Å². The first kappa shape index (κ1) is 7.53. The molecule has 2 heteroatoms. The van der Waals surface area contributed by atoms with Crippen LogP contribution in [0.25, 0.3) is 0 Å². The molecule has 0 radical (unpaired) electrons. The van der Waals surface area contributed by atoms with E-state index in [4.69, 9.17) is 0 Å². The number of fused-ring (bicyclic) bond motifs is 1. The molecule has 0 aromatic carbocycles. The molecule has 1 unspecified atom stereocenters. The first-order chi connectivity index (χ1) is 5.27. The molecule has 2 atom stereocenters. The molecule has 2 aliphatic heterocycles. The van der Waals surface area contributed by atoms with Crippen molar-refractivity contribution >= 4 is 0 Å². The summed E-state index contributed by atoms with van der Waals surface area (Å²) in [4.78, 5) is 2.36. The van der Waals surface area contributed by atoms with Crippen molar-refractivity contribution < 1.29 is 4.39 Å². The SMILES string of the molecule is CCC12CCCN1C[C@@H](F)C2. The van der Waals surface area contributed by atoms with E-state index in [1.54, 1.807) is 0 Å². The Kier molecular flexibility index (Phi) is 1.67. The summed E-state index contributed by atoms with van der Waals surface area (Å²) in [6, 6.07) is 0. The summed E-state index contributed by atoms with van der Waals surface area (Å²) in [5.41, 5.74) is 0.277. The lowest BCUT2D eigenvalue weighted by Gasteiger charge is -2.29. The fourth-order valence-corrected chi connectivity index (χ4v) is 2.77. The van der Waals surface area contributed by atoms with Crippen molar-refractivity contribution in [3.05, 3.63) is 0 Å². The maximum Gasteiger partial charge on any atom is 0.115 e. The number of hydrogen-bond acceptors (Lipinski definition) is 1. The Balaban J connectivity index is 2.15. The largest absolute Gasteiger partial charge is 0.295 e. The first-order valence-electron chi connectivity index (χ1n) is 4.66. The molecule has 0 aromatic heterocycles. The molecule has 2 fully saturated rings. The molecule has 11 heavy (non-hydrogen) atoms. The van der Waals surface area contributed by atoms with Gasteiger partial charge in [0.25, 0.3) is 0 Å². The summed E-state index contributed by atoms with van der Waals surface area (Å²) in [7, 11) is 0. The highest BCUT2D eigenvalue weighted by Gasteiger charge is 2.46. The summed E-state index contributed by atoms with van der Waals surface area (Å²) in [6.45, 7) is 4.03. The summed E-state index contributed by atoms with van der Waals surface area (Å²) >= 11 is 0. The van der Waals surface area contributed by atoms with Crippen LogP contribution in [0, 0.1) is 0 Å². The van der Waals surface area contributed by atoms with Gasteiger partial charge >= 0.3 is 0 Å². The second-order valence-electron chi connectivity index (χ2n) is 3.93. The van der Waals surface area contributed by atoms with E-state index < -0.39 is 6.17 Å². The molecular formula is C9H16FN. The van der Waals surface area contributed by atoms with Gasteiger partial charge in [0.15, 0.2) is 0 Å². The highest BCUT2D eigenvalue weighted by Crippen LogP contribution is 2.41. The molecule has 64 valence electrons. The van der Waals surface area contributed by atoms with Crippen LogP contribution in [0.5, 0.6) is 0 Å². The fourth-order valence-electron chi connectivity index (χ4n) is 2.77. The molecule has 0 N–H and O–H groups in total. The minimum Gasteiger partial charge on any atom is -0.295 e. The van der Waals surface area contributed by atoms with Crippen molar-refractivity contribution in [2.75, 3.05) is 13.1 Å². The van der Waals surface area contributed by atoms with Gasteiger partial charge in [0, 0.05) is 12.1 Å². The third-order valence-electron chi connectivity index (χ3n) is 3.42. The topological polar surface area (TPSA) is 3.24 Å². The van der Waals surface area contributed by atoms with E-state index in [9.17, 15) is 4.39 Å². The standard InChI is InChI=1S/C9H16FN/c1-2-9-4-3-5-11(9)7-8(10)6-9/h8H,2-7H2,1H3/t8-,9?/m0/s1. The van der Waals surface area contributed by atoms with Gasteiger partial charge in [0.1, 0.15) is 6.17 Å². The molecule has 0 aromatic rings. The van der Waals surface area contributed by atoms with Crippen LogP contribution in [-0.2, 0) is 0 Å². The van der Waals surface area contributed by atoms with Gasteiger partial charge in [-0.25, -0.2) is 4.39 Å². The Bertz CT molecular complexity index is 160. The molecule has 2 aliphatic rings. The predicted octanol–water partition coefficient (Wildman–Crippen LogP) is 1.97. The third kappa shape index (κ3) is 0.994. The third-order valence-corrected chi connectivity index (χ3v) is 3.42. The lowest BCUT2D eigenvalue weighted by molar-refractivity contribution is 0.189. The van der Waals surface area contributed by atoms with Gasteiger partial charge in [-0.05, 0) is 32.2 Å². The highest BCUT2D eigenvalue weighted by atomic mass is 19.1. The molecule has 0 spiro atoms. The monoisotopic (exact) mass is 157 g/mol. The first-order valence-corrected chi connectivity index (χ1v) is 4.66. The molecule has 2 rings (SSSR count). The van der Waals surface area contributed by atoms with Gasteiger partial charge in [-0.1, -0.05) is 6.92 Å². The second-order valence-corrected chi connectivity index (χ2v) is 3.93. The normalized spacial score (nSPS) is 44.7. The minimum atomic E-state index is -0.546. The van der Waals surface area contributed by atoms with Gasteiger partial charge < -0.3 is 0 Å².